The monoisotopic (exact) mass is 418 g/mol. The lowest BCUT2D eigenvalue weighted by Crippen LogP contribution is -2.38. The Morgan fingerprint density at radius 1 is 1.10 bits per heavy atom. The molecule has 6 heteroatoms. The quantitative estimate of drug-likeness (QED) is 0.465. The van der Waals surface area contributed by atoms with Gasteiger partial charge in [-0.3, -0.25) is 20.0 Å². The van der Waals surface area contributed by atoms with E-state index < -0.39 is 5.91 Å². The molecule has 1 aliphatic rings. The molecule has 31 heavy (non-hydrogen) atoms. The summed E-state index contributed by atoms with van der Waals surface area (Å²) in [4.78, 5) is 23.2. The molecular formula is C25H30N4O2. The van der Waals surface area contributed by atoms with Crippen LogP contribution in [0.2, 0.25) is 0 Å². The van der Waals surface area contributed by atoms with Gasteiger partial charge in [-0.25, -0.2) is 5.48 Å². The van der Waals surface area contributed by atoms with Gasteiger partial charge in [-0.1, -0.05) is 12.1 Å². The number of nitrogens with zero attached hydrogens (tertiary/aromatic N) is 3. The van der Waals surface area contributed by atoms with Crippen molar-refractivity contribution in [1.82, 2.24) is 20.3 Å². The average molecular weight is 419 g/mol. The maximum Gasteiger partial charge on any atom is 0.276 e. The van der Waals surface area contributed by atoms with Gasteiger partial charge in [-0.05, 0) is 88.0 Å². The molecule has 0 radical (unpaired) electrons. The summed E-state index contributed by atoms with van der Waals surface area (Å²) in [7, 11) is 0. The number of benzene rings is 1. The number of amides is 1. The van der Waals surface area contributed by atoms with Crippen LogP contribution in [0.5, 0.6) is 0 Å². The third kappa shape index (κ3) is 5.09. The number of hydroxylamine groups is 1. The zero-order valence-corrected chi connectivity index (χ0v) is 18.2. The molecule has 0 spiro atoms. The maximum atomic E-state index is 11.6. The highest BCUT2D eigenvalue weighted by atomic mass is 16.5. The van der Waals surface area contributed by atoms with Gasteiger partial charge in [-0.15, -0.1) is 0 Å². The van der Waals surface area contributed by atoms with Crippen molar-refractivity contribution in [3.8, 4) is 0 Å². The van der Waals surface area contributed by atoms with E-state index in [4.69, 9.17) is 5.21 Å². The van der Waals surface area contributed by atoms with Gasteiger partial charge < -0.3 is 4.90 Å². The fraction of sp³-hybridized carbons (Fsp3) is 0.400. The first-order valence-electron chi connectivity index (χ1n) is 11.1. The molecule has 3 heterocycles. The van der Waals surface area contributed by atoms with Crippen molar-refractivity contribution in [3.05, 3.63) is 71.2 Å². The molecule has 1 fully saturated rings. The number of pyridine rings is 2. The smallest absolute Gasteiger partial charge is 0.276 e. The molecule has 1 aromatic carbocycles. The number of piperidine rings is 1. The average Bonchev–Trinajstić information content (AvgIpc) is 2.82. The van der Waals surface area contributed by atoms with E-state index in [1.54, 1.807) is 11.5 Å². The third-order valence-corrected chi connectivity index (χ3v) is 6.34. The van der Waals surface area contributed by atoms with Crippen LogP contribution in [-0.4, -0.2) is 45.1 Å². The van der Waals surface area contributed by atoms with E-state index in [-0.39, 0.29) is 0 Å². The molecule has 0 saturated carbocycles. The summed E-state index contributed by atoms with van der Waals surface area (Å²) in [5.74, 6) is 0.00647. The normalized spacial score (nSPS) is 15.5. The number of carbonyl (C=O) groups excluding carboxylic acids is 1. The molecule has 0 unspecified atom stereocenters. The van der Waals surface area contributed by atoms with Crippen LogP contribution in [0.15, 0.2) is 48.8 Å². The van der Waals surface area contributed by atoms with Crippen molar-refractivity contribution in [2.45, 2.75) is 51.5 Å². The predicted molar refractivity (Wildman–Crippen MR) is 121 cm³/mol. The van der Waals surface area contributed by atoms with Gasteiger partial charge in [0, 0.05) is 35.4 Å². The van der Waals surface area contributed by atoms with Crippen molar-refractivity contribution in [2.75, 3.05) is 13.1 Å². The molecule has 1 saturated heterocycles. The van der Waals surface area contributed by atoms with E-state index in [1.807, 2.05) is 12.3 Å². The minimum atomic E-state index is -0.554. The highest BCUT2D eigenvalue weighted by Crippen LogP contribution is 2.28. The highest BCUT2D eigenvalue weighted by Gasteiger charge is 2.23. The van der Waals surface area contributed by atoms with Crippen molar-refractivity contribution < 1.29 is 10.0 Å². The molecule has 0 bridgehead atoms. The van der Waals surface area contributed by atoms with Gasteiger partial charge >= 0.3 is 0 Å². The van der Waals surface area contributed by atoms with E-state index >= 15 is 0 Å². The standard InChI is InChI=1S/C25H30N4O2/c1-17(2)29-11-8-20(9-12-29)23-14-19(7-10-26-23)4-3-18-5-6-21-15-22(25(30)28-31)16-27-24(21)13-18/h5-7,10,13-17,20,31H,3-4,8-9,11-12H2,1-2H3,(H,28,30). The van der Waals surface area contributed by atoms with Crippen LogP contribution >= 0.6 is 0 Å². The minimum absolute atomic E-state index is 0.339. The van der Waals surface area contributed by atoms with Crippen LogP contribution in [-0.2, 0) is 12.8 Å². The number of hydrogen-bond acceptors (Lipinski definition) is 5. The van der Waals surface area contributed by atoms with Crippen LogP contribution in [0.4, 0.5) is 0 Å². The zero-order valence-electron chi connectivity index (χ0n) is 18.2. The van der Waals surface area contributed by atoms with Gasteiger partial charge in [-0.2, -0.15) is 0 Å². The first-order chi connectivity index (χ1) is 15.0. The number of hydrogen-bond donors (Lipinski definition) is 2. The van der Waals surface area contributed by atoms with Gasteiger partial charge in [0.25, 0.3) is 5.91 Å². The van der Waals surface area contributed by atoms with E-state index in [9.17, 15) is 4.79 Å². The molecule has 0 aliphatic carbocycles. The van der Waals surface area contributed by atoms with Crippen LogP contribution in [0.3, 0.4) is 0 Å². The molecule has 0 atom stereocenters. The fourth-order valence-electron chi connectivity index (χ4n) is 4.38. The summed E-state index contributed by atoms with van der Waals surface area (Å²) >= 11 is 0. The summed E-state index contributed by atoms with van der Waals surface area (Å²) in [6, 6.07) is 12.9. The van der Waals surface area contributed by atoms with Gasteiger partial charge in [0.05, 0.1) is 11.1 Å². The zero-order chi connectivity index (χ0) is 21.8. The Morgan fingerprint density at radius 2 is 1.84 bits per heavy atom. The SMILES string of the molecule is CC(C)N1CCC(c2cc(CCc3ccc4cc(C(=O)NO)cnc4c3)ccn2)CC1. The Morgan fingerprint density at radius 3 is 2.55 bits per heavy atom. The van der Waals surface area contributed by atoms with Crippen LogP contribution in [0, 0.1) is 0 Å². The molecular weight excluding hydrogens is 388 g/mol. The summed E-state index contributed by atoms with van der Waals surface area (Å²) in [5.41, 5.74) is 6.59. The van der Waals surface area contributed by atoms with Gasteiger partial charge in [0.15, 0.2) is 0 Å². The fourth-order valence-corrected chi connectivity index (χ4v) is 4.38. The molecule has 2 aromatic heterocycles. The molecule has 4 rings (SSSR count). The van der Waals surface area contributed by atoms with Crippen LogP contribution < -0.4 is 5.48 Å². The topological polar surface area (TPSA) is 78.4 Å². The largest absolute Gasteiger partial charge is 0.301 e. The van der Waals surface area contributed by atoms with Crippen molar-refractivity contribution in [1.29, 1.82) is 0 Å². The molecule has 6 nitrogen and oxygen atoms in total. The molecule has 1 amide bonds. The summed E-state index contributed by atoms with van der Waals surface area (Å²) in [6.45, 7) is 6.85. The van der Waals surface area contributed by atoms with Gasteiger partial charge in [0.1, 0.15) is 0 Å². The Balaban J connectivity index is 1.40. The summed E-state index contributed by atoms with van der Waals surface area (Å²) in [5, 5.41) is 9.66. The Labute approximate surface area is 183 Å². The number of carbonyl (C=O) groups is 1. The maximum absolute atomic E-state index is 11.6. The molecule has 3 aromatic rings. The number of rotatable bonds is 6. The Kier molecular flexibility index (Phi) is 6.59. The number of nitrogens with one attached hydrogen (secondary N) is 1. The van der Waals surface area contributed by atoms with Crippen LogP contribution in [0.25, 0.3) is 10.9 Å². The highest BCUT2D eigenvalue weighted by molar-refractivity contribution is 5.96. The second-order valence-electron chi connectivity index (χ2n) is 8.68. The number of fused-ring (bicyclic) bond motifs is 1. The third-order valence-electron chi connectivity index (χ3n) is 6.34. The Bertz CT molecular complexity index is 1060. The Hall–Kier alpha value is -2.83. The summed E-state index contributed by atoms with van der Waals surface area (Å²) < 4.78 is 0. The molecule has 162 valence electrons. The van der Waals surface area contributed by atoms with Crippen molar-refractivity contribution in [3.63, 3.8) is 0 Å². The lowest BCUT2D eigenvalue weighted by molar-refractivity contribution is 0.0706. The minimum Gasteiger partial charge on any atom is -0.301 e. The second-order valence-corrected chi connectivity index (χ2v) is 8.68. The molecule has 1 aliphatic heterocycles. The number of aromatic nitrogens is 2. The van der Waals surface area contributed by atoms with Gasteiger partial charge in [0.2, 0.25) is 0 Å². The molecule has 2 N–H and O–H groups in total. The van der Waals surface area contributed by atoms with Crippen molar-refractivity contribution >= 4 is 16.8 Å². The predicted octanol–water partition coefficient (Wildman–Crippen LogP) is 4.12. The van der Waals surface area contributed by atoms with E-state index in [2.05, 4.69) is 53.0 Å². The first kappa shape index (κ1) is 21.4. The number of aryl methyl sites for hydroxylation is 2. The second kappa shape index (κ2) is 9.54. The summed E-state index contributed by atoms with van der Waals surface area (Å²) in [6.07, 6.45) is 7.68. The lowest BCUT2D eigenvalue weighted by atomic mass is 9.91. The van der Waals surface area contributed by atoms with E-state index in [0.29, 0.717) is 17.5 Å². The van der Waals surface area contributed by atoms with Crippen molar-refractivity contribution in [2.24, 2.45) is 0 Å². The van der Waals surface area contributed by atoms with E-state index in [0.717, 1.165) is 36.8 Å². The number of likely N-dealkylation sites (tertiary alicyclic amines) is 1. The lowest BCUT2D eigenvalue weighted by Gasteiger charge is -2.34. The van der Waals surface area contributed by atoms with Crippen LogP contribution in [0.1, 0.15) is 59.8 Å². The van der Waals surface area contributed by atoms with E-state index in [1.165, 1.54) is 35.9 Å². The first-order valence-corrected chi connectivity index (χ1v) is 11.1.